The minimum absolute atomic E-state index is 0.162. The summed E-state index contributed by atoms with van der Waals surface area (Å²) in [4.78, 5) is 27.6. The van der Waals surface area contributed by atoms with Gasteiger partial charge < -0.3 is 9.47 Å². The predicted octanol–water partition coefficient (Wildman–Crippen LogP) is 2.55. The fraction of sp³-hybridized carbons (Fsp3) is 0.333. The van der Waals surface area contributed by atoms with E-state index in [2.05, 4.69) is 29.2 Å². The first-order chi connectivity index (χ1) is 12.8. The molecule has 0 bridgehead atoms. The molecule has 1 aromatic carbocycles. The topological polar surface area (TPSA) is 45.6 Å². The quantitative estimate of drug-likeness (QED) is 0.720. The maximum Gasteiger partial charge on any atom is 0.224 e. The molecule has 1 aliphatic heterocycles. The Hall–Kier alpha value is -2.66. The Morgan fingerprint density at radius 1 is 1.00 bits per heavy atom. The van der Waals surface area contributed by atoms with E-state index in [1.54, 1.807) is 6.07 Å². The fourth-order valence-corrected chi connectivity index (χ4v) is 3.19. The summed E-state index contributed by atoms with van der Waals surface area (Å²) in [6.07, 6.45) is 7.42. The molecule has 5 nitrogen and oxygen atoms in total. The van der Waals surface area contributed by atoms with Crippen molar-refractivity contribution in [3.05, 3.63) is 66.0 Å². The second-order valence-electron chi connectivity index (χ2n) is 6.49. The summed E-state index contributed by atoms with van der Waals surface area (Å²) in [6.45, 7) is 4.79. The van der Waals surface area contributed by atoms with Gasteiger partial charge in [-0.05, 0) is 17.7 Å². The molecule has 0 unspecified atom stereocenters. The molecular weight excluding hydrogens is 326 g/mol. The Morgan fingerprint density at radius 3 is 2.50 bits per heavy atom. The molecule has 5 heteroatoms. The average molecular weight is 351 g/mol. The molecule has 2 aromatic rings. The predicted molar refractivity (Wildman–Crippen MR) is 103 cm³/mol. The Kier molecular flexibility index (Phi) is 6.39. The molecule has 1 fully saturated rings. The lowest BCUT2D eigenvalue weighted by Crippen LogP contribution is -2.48. The zero-order valence-electron chi connectivity index (χ0n) is 15.0. The summed E-state index contributed by atoms with van der Waals surface area (Å²) in [6, 6.07) is 13.9. The Morgan fingerprint density at radius 2 is 1.77 bits per heavy atom. The highest BCUT2D eigenvalue weighted by atomic mass is 16.2. The van der Waals surface area contributed by atoms with Crippen molar-refractivity contribution < 1.29 is 9.59 Å². The van der Waals surface area contributed by atoms with Crippen LogP contribution in [-0.2, 0) is 11.3 Å². The lowest BCUT2D eigenvalue weighted by Gasteiger charge is -2.34. The molecule has 2 heterocycles. The highest BCUT2D eigenvalue weighted by molar-refractivity contribution is 5.76. The van der Waals surface area contributed by atoms with Gasteiger partial charge >= 0.3 is 0 Å². The van der Waals surface area contributed by atoms with Crippen molar-refractivity contribution in [2.45, 2.75) is 13.0 Å². The molecular formula is C21H25N3O2. The summed E-state index contributed by atoms with van der Waals surface area (Å²) < 4.78 is 1.83. The number of rotatable bonds is 7. The van der Waals surface area contributed by atoms with Crippen LogP contribution in [0, 0.1) is 0 Å². The molecule has 0 saturated carbocycles. The summed E-state index contributed by atoms with van der Waals surface area (Å²) in [7, 11) is 0. The zero-order valence-corrected chi connectivity index (χ0v) is 15.0. The van der Waals surface area contributed by atoms with Crippen LogP contribution >= 0.6 is 0 Å². The van der Waals surface area contributed by atoms with Gasteiger partial charge in [-0.3, -0.25) is 14.5 Å². The number of nitrogens with zero attached hydrogens (tertiary/aromatic N) is 3. The molecule has 1 aliphatic rings. The van der Waals surface area contributed by atoms with Crippen molar-refractivity contribution in [3.8, 4) is 0 Å². The summed E-state index contributed by atoms with van der Waals surface area (Å²) in [5.41, 5.74) is 1.83. The maximum absolute atomic E-state index is 12.4. The molecule has 0 aliphatic carbocycles. The van der Waals surface area contributed by atoms with E-state index in [9.17, 15) is 9.59 Å². The van der Waals surface area contributed by atoms with E-state index in [0.717, 1.165) is 39.0 Å². The number of aromatic nitrogens is 1. The number of aryl methyl sites for hydroxylation is 1. The van der Waals surface area contributed by atoms with Gasteiger partial charge in [0.2, 0.25) is 5.91 Å². The first-order valence-electron chi connectivity index (χ1n) is 9.08. The van der Waals surface area contributed by atoms with Crippen LogP contribution in [0.5, 0.6) is 0 Å². The standard InChI is InChI=1S/C21H25N3O2/c25-18-20-9-5-12-23(20)13-10-21(26)24-16-14-22(15-17-24)11-4-8-19-6-2-1-3-7-19/h1-9,12,18H,10-11,13-17H2/b8-4+. The van der Waals surface area contributed by atoms with Crippen LogP contribution in [0.3, 0.4) is 0 Å². The molecule has 26 heavy (non-hydrogen) atoms. The lowest BCUT2D eigenvalue weighted by atomic mass is 10.2. The van der Waals surface area contributed by atoms with E-state index in [4.69, 9.17) is 0 Å². The highest BCUT2D eigenvalue weighted by Crippen LogP contribution is 2.07. The van der Waals surface area contributed by atoms with Gasteiger partial charge in [-0.1, -0.05) is 42.5 Å². The van der Waals surface area contributed by atoms with Crippen LogP contribution in [0.25, 0.3) is 6.08 Å². The van der Waals surface area contributed by atoms with E-state index in [-0.39, 0.29) is 5.91 Å². The molecule has 136 valence electrons. The first kappa shape index (κ1) is 18.1. The molecule has 3 rings (SSSR count). The van der Waals surface area contributed by atoms with E-state index in [1.165, 1.54) is 5.56 Å². The number of carbonyl (C=O) groups excluding carboxylic acids is 2. The normalized spacial score (nSPS) is 15.5. The molecule has 1 amide bonds. The zero-order chi connectivity index (χ0) is 18.2. The van der Waals surface area contributed by atoms with E-state index in [0.29, 0.717) is 18.7 Å². The van der Waals surface area contributed by atoms with Gasteiger partial charge in [0.15, 0.2) is 6.29 Å². The third-order valence-electron chi connectivity index (χ3n) is 4.75. The van der Waals surface area contributed by atoms with E-state index in [1.807, 2.05) is 39.9 Å². The van der Waals surface area contributed by atoms with Crippen LogP contribution in [0.1, 0.15) is 22.5 Å². The second-order valence-corrected chi connectivity index (χ2v) is 6.49. The lowest BCUT2D eigenvalue weighted by molar-refractivity contribution is -0.133. The largest absolute Gasteiger partial charge is 0.345 e. The molecule has 0 atom stereocenters. The van der Waals surface area contributed by atoms with Crippen LogP contribution in [0.4, 0.5) is 0 Å². The van der Waals surface area contributed by atoms with E-state index >= 15 is 0 Å². The van der Waals surface area contributed by atoms with Crippen molar-refractivity contribution in [3.63, 3.8) is 0 Å². The monoisotopic (exact) mass is 351 g/mol. The number of hydrogen-bond acceptors (Lipinski definition) is 3. The third kappa shape index (κ3) is 4.92. The minimum Gasteiger partial charge on any atom is -0.345 e. The maximum atomic E-state index is 12.4. The molecule has 0 spiro atoms. The number of aldehydes is 1. The van der Waals surface area contributed by atoms with Gasteiger partial charge in [0.25, 0.3) is 0 Å². The molecule has 0 radical (unpaired) electrons. The molecule has 1 aromatic heterocycles. The number of carbonyl (C=O) groups is 2. The number of hydrogen-bond donors (Lipinski definition) is 0. The molecule has 1 saturated heterocycles. The van der Waals surface area contributed by atoms with Crippen molar-refractivity contribution in [2.75, 3.05) is 32.7 Å². The smallest absolute Gasteiger partial charge is 0.224 e. The molecule has 0 N–H and O–H groups in total. The van der Waals surface area contributed by atoms with E-state index < -0.39 is 0 Å². The van der Waals surface area contributed by atoms with Crippen LogP contribution in [0.2, 0.25) is 0 Å². The Balaban J connectivity index is 1.39. The van der Waals surface area contributed by atoms with Gasteiger partial charge in [0.1, 0.15) is 0 Å². The highest BCUT2D eigenvalue weighted by Gasteiger charge is 2.20. The average Bonchev–Trinajstić information content (AvgIpc) is 3.15. The Labute approximate surface area is 154 Å². The number of piperazine rings is 1. The van der Waals surface area contributed by atoms with Crippen LogP contribution in [-0.4, -0.2) is 59.3 Å². The van der Waals surface area contributed by atoms with Gasteiger partial charge in [-0.2, -0.15) is 0 Å². The van der Waals surface area contributed by atoms with Gasteiger partial charge in [-0.15, -0.1) is 0 Å². The van der Waals surface area contributed by atoms with Crippen molar-refractivity contribution >= 4 is 18.3 Å². The first-order valence-corrected chi connectivity index (χ1v) is 9.08. The van der Waals surface area contributed by atoms with Crippen molar-refractivity contribution in [2.24, 2.45) is 0 Å². The fourth-order valence-electron chi connectivity index (χ4n) is 3.19. The minimum atomic E-state index is 0.162. The van der Waals surface area contributed by atoms with Crippen LogP contribution in [0.15, 0.2) is 54.7 Å². The summed E-state index contributed by atoms with van der Waals surface area (Å²) in [5, 5.41) is 0. The number of benzene rings is 1. The van der Waals surface area contributed by atoms with Crippen molar-refractivity contribution in [1.82, 2.24) is 14.4 Å². The van der Waals surface area contributed by atoms with Crippen molar-refractivity contribution in [1.29, 1.82) is 0 Å². The van der Waals surface area contributed by atoms with Gasteiger partial charge in [0, 0.05) is 51.9 Å². The van der Waals surface area contributed by atoms with Gasteiger partial charge in [-0.25, -0.2) is 0 Å². The number of amides is 1. The Bertz CT molecular complexity index is 744. The SMILES string of the molecule is O=Cc1cccn1CCC(=O)N1CCN(C/C=C/c2ccccc2)CC1. The van der Waals surface area contributed by atoms with Gasteiger partial charge in [0.05, 0.1) is 5.69 Å². The van der Waals surface area contributed by atoms with Crippen LogP contribution < -0.4 is 0 Å². The third-order valence-corrected chi connectivity index (χ3v) is 4.75. The summed E-state index contributed by atoms with van der Waals surface area (Å²) in [5.74, 6) is 0.162. The summed E-state index contributed by atoms with van der Waals surface area (Å²) >= 11 is 0. The second kappa shape index (κ2) is 9.15.